The molecule has 270 valence electrons. The molecule has 1 spiro atoms. The number of carbonyl (C=O) groups is 3. The third-order valence-corrected chi connectivity index (χ3v) is 12.6. The van der Waals surface area contributed by atoms with Gasteiger partial charge in [-0.3, -0.25) is 24.5 Å². The number of nitro benzene ring substituents is 1. The minimum atomic E-state index is -3.16. The second-order valence-electron chi connectivity index (χ2n) is 14.0. The third kappa shape index (κ3) is 7.12. The van der Waals surface area contributed by atoms with Crippen molar-refractivity contribution in [2.24, 2.45) is 5.92 Å². The van der Waals surface area contributed by atoms with E-state index in [2.05, 4.69) is 5.32 Å². The highest BCUT2D eigenvalue weighted by atomic mass is 28.4. The number of carbonyl (C=O) groups excluding carboxylic acids is 3. The molecule has 52 heavy (non-hydrogen) atoms. The summed E-state index contributed by atoms with van der Waals surface area (Å²) in [6.45, 7) is 5.43. The van der Waals surface area contributed by atoms with Gasteiger partial charge in [-0.05, 0) is 54.6 Å². The average Bonchev–Trinajstić information content (AvgIpc) is 3.54. The molecule has 4 atom stereocenters. The Morgan fingerprint density at radius 1 is 0.981 bits per heavy atom. The van der Waals surface area contributed by atoms with Crippen LogP contribution in [0.3, 0.4) is 0 Å². The number of ether oxygens (including phenoxy) is 1. The Balaban J connectivity index is 1.34. The molecule has 4 aromatic carbocycles. The van der Waals surface area contributed by atoms with Crippen molar-refractivity contribution in [3.8, 4) is 0 Å². The van der Waals surface area contributed by atoms with E-state index < -0.39 is 42.3 Å². The Morgan fingerprint density at radius 3 is 2.31 bits per heavy atom. The molecule has 2 aliphatic heterocycles. The van der Waals surface area contributed by atoms with Crippen molar-refractivity contribution < 1.29 is 33.9 Å². The number of amides is 3. The predicted molar refractivity (Wildman–Crippen MR) is 198 cm³/mol. The molecule has 2 aliphatic rings. The molecule has 2 heterocycles. The summed E-state index contributed by atoms with van der Waals surface area (Å²) >= 11 is 0. The molecule has 0 aliphatic carbocycles. The largest absolute Gasteiger partial charge is 0.432 e. The van der Waals surface area contributed by atoms with Crippen LogP contribution >= 0.6 is 0 Å². The van der Waals surface area contributed by atoms with Crippen molar-refractivity contribution in [1.29, 1.82) is 0 Å². The van der Waals surface area contributed by atoms with Gasteiger partial charge in [0.25, 0.3) is 17.5 Å². The van der Waals surface area contributed by atoms with Crippen molar-refractivity contribution in [3.05, 3.63) is 135 Å². The first kappa shape index (κ1) is 36.6. The summed E-state index contributed by atoms with van der Waals surface area (Å²) in [6, 6.07) is 29.5. The summed E-state index contributed by atoms with van der Waals surface area (Å²) in [4.78, 5) is 67.9. The highest BCUT2D eigenvalue weighted by Crippen LogP contribution is 2.60. The topological polar surface area (TPSA) is 163 Å². The van der Waals surface area contributed by atoms with E-state index in [1.807, 2.05) is 42.5 Å². The van der Waals surface area contributed by atoms with Crippen LogP contribution in [0.1, 0.15) is 40.4 Å². The summed E-state index contributed by atoms with van der Waals surface area (Å²) in [5.74, 6) is -1.72. The number of fused-ring (bicyclic) bond motifs is 2. The molecule has 13 heteroatoms. The average molecular weight is 723 g/mol. The summed E-state index contributed by atoms with van der Waals surface area (Å²) in [5, 5.41) is 24.7. The quantitative estimate of drug-likeness (QED) is 0.0967. The summed E-state index contributed by atoms with van der Waals surface area (Å²) in [6.07, 6.45) is -1.06. The second-order valence-corrected chi connectivity index (χ2v) is 17.9. The number of nitrogens with zero attached hydrogens (tertiary/aromatic N) is 3. The van der Waals surface area contributed by atoms with Crippen LogP contribution in [0.25, 0.3) is 0 Å². The SMILES string of the molecule is C[C@@H]1[C@@H]([Si](C)(C)O)[C@H](CC(=O)N(CCO)Cc2ccccc2)O[C@@]12C(=O)N(Cc1cccc(NC(=O)c3ccccc3)c1)c1ccc([N+](=O)[O-])cc12. The van der Waals surface area contributed by atoms with Crippen LogP contribution in [0, 0.1) is 16.0 Å². The molecular weight excluding hydrogens is 681 g/mol. The number of nitro groups is 1. The molecule has 0 bridgehead atoms. The molecule has 6 rings (SSSR count). The first-order chi connectivity index (χ1) is 24.8. The molecule has 4 aromatic rings. The normalized spacial score (nSPS) is 20.9. The number of hydrogen-bond acceptors (Lipinski definition) is 8. The van der Waals surface area contributed by atoms with E-state index in [1.54, 1.807) is 62.5 Å². The van der Waals surface area contributed by atoms with Crippen molar-refractivity contribution >= 4 is 43.1 Å². The molecule has 1 saturated heterocycles. The fourth-order valence-electron chi connectivity index (χ4n) is 7.78. The smallest absolute Gasteiger partial charge is 0.269 e. The lowest BCUT2D eigenvalue weighted by Gasteiger charge is -2.32. The van der Waals surface area contributed by atoms with Gasteiger partial charge in [-0.25, -0.2) is 0 Å². The van der Waals surface area contributed by atoms with E-state index in [0.29, 0.717) is 28.1 Å². The summed E-state index contributed by atoms with van der Waals surface area (Å²) in [7, 11) is -3.16. The number of non-ortho nitro benzene ring substituents is 1. The van der Waals surface area contributed by atoms with E-state index in [1.165, 1.54) is 28.0 Å². The van der Waals surface area contributed by atoms with Gasteiger partial charge in [0.1, 0.15) is 0 Å². The summed E-state index contributed by atoms with van der Waals surface area (Å²) < 4.78 is 6.77. The number of hydrogen-bond donors (Lipinski definition) is 3. The molecule has 3 N–H and O–H groups in total. The highest BCUT2D eigenvalue weighted by Gasteiger charge is 2.66. The maximum atomic E-state index is 14.9. The van der Waals surface area contributed by atoms with Crippen molar-refractivity contribution in [2.75, 3.05) is 23.4 Å². The molecule has 0 aromatic heterocycles. The number of anilines is 2. The van der Waals surface area contributed by atoms with Crippen molar-refractivity contribution in [3.63, 3.8) is 0 Å². The number of aliphatic hydroxyl groups excluding tert-OH is 1. The van der Waals surface area contributed by atoms with Crippen LogP contribution in [-0.4, -0.2) is 65.0 Å². The van der Waals surface area contributed by atoms with E-state index in [0.717, 1.165) is 5.56 Å². The molecule has 0 radical (unpaired) electrons. The van der Waals surface area contributed by atoms with E-state index in [4.69, 9.17) is 4.74 Å². The van der Waals surface area contributed by atoms with Crippen LogP contribution in [0.5, 0.6) is 0 Å². The van der Waals surface area contributed by atoms with Crippen LogP contribution in [0.2, 0.25) is 18.6 Å². The maximum absolute atomic E-state index is 14.9. The van der Waals surface area contributed by atoms with E-state index in [-0.39, 0.29) is 50.2 Å². The Morgan fingerprint density at radius 2 is 1.65 bits per heavy atom. The van der Waals surface area contributed by atoms with Crippen LogP contribution < -0.4 is 10.2 Å². The summed E-state index contributed by atoms with van der Waals surface area (Å²) in [5.41, 5.74) is 0.775. The van der Waals surface area contributed by atoms with Gasteiger partial charge in [0, 0.05) is 53.5 Å². The standard InChI is InChI=1S/C39H42N4O8Si/c1-26-36(52(2,3)50)34(23-35(45)41(19-20-44)24-27-11-6-4-7-12-27)51-39(26)32-22-31(43(48)49)17-18-33(32)42(38(39)47)25-28-13-10-16-30(21-28)40-37(46)29-14-8-5-9-15-29/h4-18,21-22,26,34,36,44,50H,19-20,23-25H2,1-3H3,(H,40,46)/t26-,34+,36-,39+/m1/s1. The third-order valence-electron chi connectivity index (χ3n) is 10.1. The van der Waals surface area contributed by atoms with Gasteiger partial charge in [-0.1, -0.05) is 67.6 Å². The molecule has 0 unspecified atom stereocenters. The number of rotatable bonds is 12. The Labute approximate surface area is 302 Å². The zero-order chi connectivity index (χ0) is 37.2. The Bertz CT molecular complexity index is 1970. The van der Waals surface area contributed by atoms with Gasteiger partial charge in [0.2, 0.25) is 5.91 Å². The van der Waals surface area contributed by atoms with Crippen LogP contribution in [-0.2, 0) is 33.0 Å². The second kappa shape index (κ2) is 14.8. The van der Waals surface area contributed by atoms with E-state index in [9.17, 15) is 34.4 Å². The van der Waals surface area contributed by atoms with Gasteiger partial charge < -0.3 is 29.8 Å². The highest BCUT2D eigenvalue weighted by molar-refractivity contribution is 6.71. The lowest BCUT2D eigenvalue weighted by Crippen LogP contribution is -2.46. The van der Waals surface area contributed by atoms with Crippen molar-refractivity contribution in [2.45, 2.75) is 56.8 Å². The monoisotopic (exact) mass is 722 g/mol. The van der Waals surface area contributed by atoms with Crippen LogP contribution in [0.15, 0.2) is 103 Å². The van der Waals surface area contributed by atoms with E-state index >= 15 is 0 Å². The first-order valence-electron chi connectivity index (χ1n) is 17.2. The lowest BCUT2D eigenvalue weighted by atomic mass is 9.82. The van der Waals surface area contributed by atoms with Crippen molar-refractivity contribution in [1.82, 2.24) is 4.90 Å². The zero-order valence-corrected chi connectivity index (χ0v) is 30.3. The lowest BCUT2D eigenvalue weighted by molar-refractivity contribution is -0.385. The molecule has 1 fully saturated rings. The molecule has 12 nitrogen and oxygen atoms in total. The minimum absolute atomic E-state index is 0.0616. The molecule has 0 saturated carbocycles. The van der Waals surface area contributed by atoms with Gasteiger partial charge in [0.15, 0.2) is 13.9 Å². The zero-order valence-electron chi connectivity index (χ0n) is 29.3. The fourth-order valence-corrected chi connectivity index (χ4v) is 10.3. The van der Waals surface area contributed by atoms with Gasteiger partial charge in [-0.2, -0.15) is 0 Å². The fraction of sp³-hybridized carbons (Fsp3) is 0.308. The molecule has 3 amide bonds. The number of benzene rings is 4. The molecular formula is C39H42N4O8Si. The predicted octanol–water partition coefficient (Wildman–Crippen LogP) is 5.60. The van der Waals surface area contributed by atoms with Gasteiger partial charge in [0.05, 0.1) is 36.3 Å². The number of nitrogens with one attached hydrogen (secondary N) is 1. The Kier molecular flexibility index (Phi) is 10.4. The number of aliphatic hydroxyl groups is 1. The Hall–Kier alpha value is -5.21. The minimum Gasteiger partial charge on any atom is -0.432 e. The first-order valence-corrected chi connectivity index (χ1v) is 20.2. The van der Waals surface area contributed by atoms with Crippen LogP contribution in [0.4, 0.5) is 17.1 Å². The maximum Gasteiger partial charge on any atom is 0.269 e. The van der Waals surface area contributed by atoms with Gasteiger partial charge >= 0.3 is 0 Å². The van der Waals surface area contributed by atoms with Gasteiger partial charge in [-0.15, -0.1) is 0 Å².